The first kappa shape index (κ1) is 15.7. The third kappa shape index (κ3) is 5.88. The van der Waals surface area contributed by atoms with Gasteiger partial charge in [-0.25, -0.2) is 0 Å². The highest BCUT2D eigenvalue weighted by Crippen LogP contribution is 2.16. The summed E-state index contributed by atoms with van der Waals surface area (Å²) in [5.41, 5.74) is 6.91. The van der Waals surface area contributed by atoms with Crippen LogP contribution in [0.2, 0.25) is 0 Å². The molecule has 0 bridgehead atoms. The van der Waals surface area contributed by atoms with Crippen molar-refractivity contribution in [2.45, 2.75) is 33.2 Å². The quantitative estimate of drug-likeness (QED) is 0.821. The molecule has 0 aromatic heterocycles. The molecule has 0 saturated heterocycles. The molecule has 0 saturated carbocycles. The standard InChI is InChI=1S/C16H26N2O/c1-13(2)9-15(11-17)10-16(19)18(3)12-14-7-5-4-6-8-14/h4-8,13,15H,9-12,17H2,1-3H3/t15-/m0/s1. The maximum atomic E-state index is 12.2. The van der Waals surface area contributed by atoms with Gasteiger partial charge in [0.25, 0.3) is 0 Å². The van der Waals surface area contributed by atoms with E-state index in [0.717, 1.165) is 12.0 Å². The molecule has 19 heavy (non-hydrogen) atoms. The number of hydrogen-bond donors (Lipinski definition) is 1. The lowest BCUT2D eigenvalue weighted by atomic mass is 9.94. The molecule has 0 radical (unpaired) electrons. The first-order valence-corrected chi connectivity index (χ1v) is 7.00. The van der Waals surface area contributed by atoms with Gasteiger partial charge < -0.3 is 10.6 Å². The molecule has 0 aliphatic heterocycles. The summed E-state index contributed by atoms with van der Waals surface area (Å²) < 4.78 is 0. The van der Waals surface area contributed by atoms with Crippen LogP contribution in [-0.4, -0.2) is 24.4 Å². The van der Waals surface area contributed by atoms with E-state index in [1.165, 1.54) is 0 Å². The first-order chi connectivity index (χ1) is 9.02. The highest BCUT2D eigenvalue weighted by molar-refractivity contribution is 5.76. The van der Waals surface area contributed by atoms with E-state index in [1.54, 1.807) is 4.90 Å². The Hall–Kier alpha value is -1.35. The Kier molecular flexibility index (Phi) is 6.57. The van der Waals surface area contributed by atoms with Crippen LogP contribution >= 0.6 is 0 Å². The van der Waals surface area contributed by atoms with Crippen LogP contribution in [0.25, 0.3) is 0 Å². The lowest BCUT2D eigenvalue weighted by molar-refractivity contribution is -0.131. The number of rotatable bonds is 7. The van der Waals surface area contributed by atoms with Crippen molar-refractivity contribution in [3.63, 3.8) is 0 Å². The Balaban J connectivity index is 2.48. The molecule has 3 heteroatoms. The van der Waals surface area contributed by atoms with Crippen molar-refractivity contribution < 1.29 is 4.79 Å². The van der Waals surface area contributed by atoms with Crippen LogP contribution in [0.3, 0.4) is 0 Å². The molecule has 1 aromatic carbocycles. The average Bonchev–Trinajstić information content (AvgIpc) is 2.38. The summed E-state index contributed by atoms with van der Waals surface area (Å²) in [6, 6.07) is 10.1. The number of carbonyl (C=O) groups is 1. The van der Waals surface area contributed by atoms with Gasteiger partial charge in [0.15, 0.2) is 0 Å². The van der Waals surface area contributed by atoms with Gasteiger partial charge in [-0.15, -0.1) is 0 Å². The van der Waals surface area contributed by atoms with E-state index in [1.807, 2.05) is 37.4 Å². The molecule has 0 unspecified atom stereocenters. The minimum Gasteiger partial charge on any atom is -0.341 e. The van der Waals surface area contributed by atoms with Gasteiger partial charge in [0.05, 0.1) is 0 Å². The van der Waals surface area contributed by atoms with Gasteiger partial charge in [-0.2, -0.15) is 0 Å². The highest BCUT2D eigenvalue weighted by Gasteiger charge is 2.17. The zero-order chi connectivity index (χ0) is 14.3. The van der Waals surface area contributed by atoms with Crippen LogP contribution in [-0.2, 0) is 11.3 Å². The summed E-state index contributed by atoms with van der Waals surface area (Å²) >= 11 is 0. The zero-order valence-electron chi connectivity index (χ0n) is 12.3. The molecule has 1 amide bonds. The van der Waals surface area contributed by atoms with Crippen LogP contribution in [0.4, 0.5) is 0 Å². The van der Waals surface area contributed by atoms with Crippen LogP contribution in [0.5, 0.6) is 0 Å². The van der Waals surface area contributed by atoms with E-state index in [2.05, 4.69) is 13.8 Å². The molecule has 1 atom stereocenters. The Morgan fingerprint density at radius 3 is 2.42 bits per heavy atom. The topological polar surface area (TPSA) is 46.3 Å². The van der Waals surface area contributed by atoms with Gasteiger partial charge >= 0.3 is 0 Å². The van der Waals surface area contributed by atoms with Crippen LogP contribution in [0, 0.1) is 11.8 Å². The number of carbonyl (C=O) groups excluding carboxylic acids is 1. The molecule has 3 nitrogen and oxygen atoms in total. The van der Waals surface area contributed by atoms with E-state index in [4.69, 9.17) is 5.73 Å². The van der Waals surface area contributed by atoms with E-state index < -0.39 is 0 Å². The van der Waals surface area contributed by atoms with Crippen molar-refractivity contribution in [1.29, 1.82) is 0 Å². The third-order valence-electron chi connectivity index (χ3n) is 3.29. The Labute approximate surface area is 116 Å². The summed E-state index contributed by atoms with van der Waals surface area (Å²) in [7, 11) is 1.86. The monoisotopic (exact) mass is 262 g/mol. The van der Waals surface area contributed by atoms with Crippen molar-refractivity contribution in [2.24, 2.45) is 17.6 Å². The second-order valence-corrected chi connectivity index (χ2v) is 5.67. The van der Waals surface area contributed by atoms with Crippen molar-refractivity contribution in [3.8, 4) is 0 Å². The molecule has 106 valence electrons. The molecule has 2 N–H and O–H groups in total. The van der Waals surface area contributed by atoms with Gasteiger partial charge in [0.1, 0.15) is 0 Å². The Morgan fingerprint density at radius 1 is 1.26 bits per heavy atom. The van der Waals surface area contributed by atoms with Gasteiger partial charge in [0, 0.05) is 20.0 Å². The van der Waals surface area contributed by atoms with E-state index in [-0.39, 0.29) is 5.91 Å². The molecule has 0 heterocycles. The lowest BCUT2D eigenvalue weighted by Crippen LogP contribution is -2.30. The van der Waals surface area contributed by atoms with E-state index >= 15 is 0 Å². The fraction of sp³-hybridized carbons (Fsp3) is 0.562. The minimum atomic E-state index is 0.181. The summed E-state index contributed by atoms with van der Waals surface area (Å²) in [6.07, 6.45) is 1.57. The minimum absolute atomic E-state index is 0.181. The molecular formula is C16H26N2O. The number of hydrogen-bond acceptors (Lipinski definition) is 2. The SMILES string of the molecule is CC(C)C[C@H](CN)CC(=O)N(C)Cc1ccccc1. The molecule has 0 fully saturated rings. The highest BCUT2D eigenvalue weighted by atomic mass is 16.2. The predicted octanol–water partition coefficient (Wildman–Crippen LogP) is 2.66. The average molecular weight is 262 g/mol. The van der Waals surface area contributed by atoms with Crippen molar-refractivity contribution in [1.82, 2.24) is 4.90 Å². The number of nitrogens with two attached hydrogens (primary N) is 1. The van der Waals surface area contributed by atoms with Gasteiger partial charge in [-0.05, 0) is 30.4 Å². The fourth-order valence-corrected chi connectivity index (χ4v) is 2.28. The van der Waals surface area contributed by atoms with Crippen LogP contribution in [0.15, 0.2) is 30.3 Å². The van der Waals surface area contributed by atoms with Gasteiger partial charge in [0.2, 0.25) is 5.91 Å². The molecular weight excluding hydrogens is 236 g/mol. The number of nitrogens with zero attached hydrogens (tertiary/aromatic N) is 1. The van der Waals surface area contributed by atoms with Crippen molar-refractivity contribution in [3.05, 3.63) is 35.9 Å². The summed E-state index contributed by atoms with van der Waals surface area (Å²) in [4.78, 5) is 14.0. The predicted molar refractivity (Wildman–Crippen MR) is 79.5 cm³/mol. The molecule has 1 rings (SSSR count). The number of benzene rings is 1. The third-order valence-corrected chi connectivity index (χ3v) is 3.29. The Bertz CT molecular complexity index is 376. The lowest BCUT2D eigenvalue weighted by Gasteiger charge is -2.22. The second kappa shape index (κ2) is 7.95. The first-order valence-electron chi connectivity index (χ1n) is 7.00. The summed E-state index contributed by atoms with van der Waals surface area (Å²) in [6.45, 7) is 5.59. The summed E-state index contributed by atoms with van der Waals surface area (Å²) in [5, 5.41) is 0. The van der Waals surface area contributed by atoms with Crippen molar-refractivity contribution in [2.75, 3.05) is 13.6 Å². The number of amides is 1. The van der Waals surface area contributed by atoms with Crippen LogP contribution in [0.1, 0.15) is 32.3 Å². The molecule has 0 spiro atoms. The maximum Gasteiger partial charge on any atom is 0.222 e. The van der Waals surface area contributed by atoms with E-state index in [9.17, 15) is 4.79 Å². The normalized spacial score (nSPS) is 12.5. The summed E-state index contributed by atoms with van der Waals surface area (Å²) in [5.74, 6) is 1.06. The Morgan fingerprint density at radius 2 is 1.89 bits per heavy atom. The molecule has 1 aromatic rings. The maximum absolute atomic E-state index is 12.2. The molecule has 0 aliphatic rings. The van der Waals surface area contributed by atoms with Gasteiger partial charge in [-0.3, -0.25) is 4.79 Å². The van der Waals surface area contributed by atoms with E-state index in [0.29, 0.717) is 31.3 Å². The van der Waals surface area contributed by atoms with Crippen LogP contribution < -0.4 is 5.73 Å². The fourth-order valence-electron chi connectivity index (χ4n) is 2.28. The second-order valence-electron chi connectivity index (χ2n) is 5.67. The van der Waals surface area contributed by atoms with Crippen molar-refractivity contribution >= 4 is 5.91 Å². The largest absolute Gasteiger partial charge is 0.341 e. The molecule has 0 aliphatic carbocycles. The smallest absolute Gasteiger partial charge is 0.222 e. The van der Waals surface area contributed by atoms with Gasteiger partial charge in [-0.1, -0.05) is 44.2 Å². The zero-order valence-corrected chi connectivity index (χ0v) is 12.3.